The number of carbonyl (C=O) groups excluding carboxylic acids is 3. The van der Waals surface area contributed by atoms with Gasteiger partial charge in [0.05, 0.1) is 28.4 Å². The molecule has 1 N–H and O–H groups in total. The first-order chi connectivity index (χ1) is 21.9. The predicted molar refractivity (Wildman–Crippen MR) is 172 cm³/mol. The summed E-state index contributed by atoms with van der Waals surface area (Å²) in [6, 6.07) is 18.2. The predicted octanol–water partition coefficient (Wildman–Crippen LogP) is 5.45. The van der Waals surface area contributed by atoms with Gasteiger partial charge >= 0.3 is 5.97 Å². The monoisotopic (exact) mass is 623 g/mol. The van der Waals surface area contributed by atoms with Crippen molar-refractivity contribution in [2.24, 2.45) is 5.41 Å². The molecule has 230 valence electrons. The van der Waals surface area contributed by atoms with Crippen LogP contribution in [0.4, 0.5) is 17.2 Å². The maximum atomic E-state index is 13.8. The quantitative estimate of drug-likeness (QED) is 0.282. The van der Waals surface area contributed by atoms with Crippen molar-refractivity contribution in [2.75, 3.05) is 54.6 Å². The van der Waals surface area contributed by atoms with E-state index in [1.54, 1.807) is 54.4 Å². The highest BCUT2D eigenvalue weighted by Gasteiger charge is 2.45. The zero-order valence-corrected chi connectivity index (χ0v) is 25.8. The van der Waals surface area contributed by atoms with Gasteiger partial charge in [0.1, 0.15) is 5.82 Å². The van der Waals surface area contributed by atoms with Crippen LogP contribution >= 0.6 is 11.3 Å². The Kier molecular flexibility index (Phi) is 7.80. The Bertz CT molecular complexity index is 1760. The number of anilines is 3. The van der Waals surface area contributed by atoms with Gasteiger partial charge in [-0.25, -0.2) is 14.8 Å². The van der Waals surface area contributed by atoms with E-state index in [9.17, 15) is 14.4 Å². The van der Waals surface area contributed by atoms with Crippen molar-refractivity contribution < 1.29 is 23.9 Å². The Morgan fingerprint density at radius 1 is 1.02 bits per heavy atom. The van der Waals surface area contributed by atoms with Gasteiger partial charge in [0.15, 0.2) is 0 Å². The van der Waals surface area contributed by atoms with Gasteiger partial charge in [0, 0.05) is 67.7 Å². The van der Waals surface area contributed by atoms with Crippen LogP contribution in [0.25, 0.3) is 10.4 Å². The molecule has 2 aromatic carbocycles. The van der Waals surface area contributed by atoms with Gasteiger partial charge in [0.2, 0.25) is 5.01 Å². The number of amides is 2. The fraction of sp³-hybridized carbons (Fsp3) is 0.324. The third kappa shape index (κ3) is 5.57. The number of aromatic nitrogens is 2. The van der Waals surface area contributed by atoms with E-state index in [4.69, 9.17) is 9.47 Å². The van der Waals surface area contributed by atoms with E-state index in [0.29, 0.717) is 40.6 Å². The summed E-state index contributed by atoms with van der Waals surface area (Å²) >= 11 is 1.29. The number of carbonyl (C=O) groups is 3. The van der Waals surface area contributed by atoms with Gasteiger partial charge in [-0.2, -0.15) is 0 Å². The van der Waals surface area contributed by atoms with E-state index in [-0.39, 0.29) is 23.8 Å². The van der Waals surface area contributed by atoms with Crippen LogP contribution in [-0.4, -0.2) is 67.2 Å². The smallest absolute Gasteiger partial charge is 0.367 e. The van der Waals surface area contributed by atoms with Crippen LogP contribution < -0.4 is 15.1 Å². The second-order valence-electron chi connectivity index (χ2n) is 11.6. The number of nitrogens with zero attached hydrogens (tertiary/aromatic N) is 4. The summed E-state index contributed by atoms with van der Waals surface area (Å²) in [4.78, 5) is 53.4. The normalized spacial score (nSPS) is 16.6. The molecule has 4 aromatic rings. The average Bonchev–Trinajstić information content (AvgIpc) is 3.42. The van der Waals surface area contributed by atoms with Gasteiger partial charge in [-0.1, -0.05) is 18.2 Å². The van der Waals surface area contributed by atoms with E-state index in [1.807, 2.05) is 24.3 Å². The lowest BCUT2D eigenvalue weighted by atomic mass is 9.73. The maximum absolute atomic E-state index is 13.8. The highest BCUT2D eigenvalue weighted by Crippen LogP contribution is 2.43. The number of rotatable bonds is 6. The minimum Gasteiger partial charge on any atom is -0.461 e. The molecule has 0 saturated carbocycles. The van der Waals surface area contributed by atoms with Crippen molar-refractivity contribution in [3.8, 4) is 10.4 Å². The van der Waals surface area contributed by atoms with Crippen molar-refractivity contribution >= 4 is 46.3 Å². The van der Waals surface area contributed by atoms with Crippen molar-refractivity contribution in [1.82, 2.24) is 9.97 Å². The zero-order valence-electron chi connectivity index (χ0n) is 25.0. The molecule has 0 bridgehead atoms. The average molecular weight is 624 g/mol. The minimum absolute atomic E-state index is 0.157. The summed E-state index contributed by atoms with van der Waals surface area (Å²) in [5.74, 6) is -0.143. The summed E-state index contributed by atoms with van der Waals surface area (Å²) in [6.07, 6.45) is 4.29. The van der Waals surface area contributed by atoms with Crippen LogP contribution in [0, 0.1) is 5.41 Å². The Balaban J connectivity index is 1.06. The molecule has 3 aliphatic rings. The summed E-state index contributed by atoms with van der Waals surface area (Å²) in [7, 11) is 0. The van der Waals surface area contributed by atoms with Crippen LogP contribution in [0.2, 0.25) is 0 Å². The molecular formula is C34H33N5O5S. The Labute approximate surface area is 265 Å². The number of nitrogens with one attached hydrogen (secondary N) is 1. The highest BCUT2D eigenvalue weighted by molar-refractivity contribution is 7.17. The van der Waals surface area contributed by atoms with Crippen LogP contribution in [-0.2, 0) is 15.9 Å². The number of para-hydroxylation sites is 1. The topological polar surface area (TPSA) is 114 Å². The van der Waals surface area contributed by atoms with Crippen LogP contribution in [0.5, 0.6) is 0 Å². The Hall–Kier alpha value is -4.61. The van der Waals surface area contributed by atoms with Crippen molar-refractivity contribution in [3.05, 3.63) is 88.7 Å². The fourth-order valence-electron chi connectivity index (χ4n) is 6.37. The maximum Gasteiger partial charge on any atom is 0.367 e. The Morgan fingerprint density at radius 3 is 2.58 bits per heavy atom. The van der Waals surface area contributed by atoms with Crippen LogP contribution in [0.15, 0.2) is 66.9 Å². The number of pyridine rings is 1. The van der Waals surface area contributed by atoms with Crippen molar-refractivity contribution in [3.63, 3.8) is 0 Å². The largest absolute Gasteiger partial charge is 0.461 e. The fourth-order valence-corrected chi connectivity index (χ4v) is 7.41. The van der Waals surface area contributed by atoms with Crippen molar-refractivity contribution in [2.45, 2.75) is 26.2 Å². The number of fused-ring (bicyclic) bond motifs is 3. The molecule has 5 heterocycles. The number of ether oxygens (including phenoxy) is 2. The van der Waals surface area contributed by atoms with Crippen LogP contribution in [0.1, 0.15) is 56.0 Å². The molecule has 0 unspecified atom stereocenters. The molecule has 2 amide bonds. The van der Waals surface area contributed by atoms with Gasteiger partial charge in [-0.15, -0.1) is 11.3 Å². The second kappa shape index (κ2) is 12.1. The number of hydrogen-bond donors (Lipinski definition) is 1. The molecule has 11 heteroatoms. The van der Waals surface area contributed by atoms with E-state index >= 15 is 0 Å². The molecule has 2 fully saturated rings. The van der Waals surface area contributed by atoms with E-state index in [0.717, 1.165) is 61.0 Å². The molecule has 45 heavy (non-hydrogen) atoms. The lowest BCUT2D eigenvalue weighted by Crippen LogP contribution is -2.59. The van der Waals surface area contributed by atoms with Gasteiger partial charge in [-0.05, 0) is 62.2 Å². The van der Waals surface area contributed by atoms with E-state index in [1.165, 1.54) is 11.3 Å². The standard InChI is InChI=1S/C34H33N5O5S/c1-2-44-33(42)31-37-26-13-17-39(27-8-4-3-6-24(27)28(26)45-31)32(41)22-9-11-23(12-10-22)36-30(40)25-7-5-16-35-29(25)38-20-34(21-38)14-18-43-19-15-34/h3-12,16H,2,13-15,17-21H2,1H3,(H,36,40). The zero-order chi connectivity index (χ0) is 31.0. The summed E-state index contributed by atoms with van der Waals surface area (Å²) < 4.78 is 10.7. The van der Waals surface area contributed by atoms with E-state index in [2.05, 4.69) is 20.2 Å². The summed E-state index contributed by atoms with van der Waals surface area (Å²) in [5, 5.41) is 3.30. The second-order valence-corrected chi connectivity index (χ2v) is 12.6. The molecule has 3 aliphatic heterocycles. The molecule has 2 aromatic heterocycles. The molecule has 0 radical (unpaired) electrons. The van der Waals surface area contributed by atoms with Gasteiger partial charge in [-0.3, -0.25) is 9.59 Å². The molecular weight excluding hydrogens is 590 g/mol. The van der Waals surface area contributed by atoms with E-state index < -0.39 is 5.97 Å². The first-order valence-corrected chi connectivity index (χ1v) is 16.0. The highest BCUT2D eigenvalue weighted by atomic mass is 32.1. The molecule has 7 rings (SSSR count). The van der Waals surface area contributed by atoms with Gasteiger partial charge < -0.3 is 24.6 Å². The third-order valence-corrected chi connectivity index (χ3v) is 9.84. The molecule has 1 spiro atoms. The SMILES string of the molecule is CCOC(=O)c1nc2c(s1)-c1ccccc1N(C(=O)c1ccc(NC(=O)c3cccnc3N3CC4(CCOCC4)C3)cc1)CC2. The molecule has 0 aliphatic carbocycles. The molecule has 10 nitrogen and oxygen atoms in total. The van der Waals surface area contributed by atoms with Gasteiger partial charge in [0.25, 0.3) is 11.8 Å². The first kappa shape index (κ1) is 29.1. The summed E-state index contributed by atoms with van der Waals surface area (Å²) in [5.41, 5.74) is 4.26. The third-order valence-electron chi connectivity index (χ3n) is 8.73. The molecule has 2 saturated heterocycles. The molecule has 0 atom stereocenters. The number of benzene rings is 2. The lowest BCUT2D eigenvalue weighted by molar-refractivity contribution is -0.000511. The number of esters is 1. The van der Waals surface area contributed by atoms with Crippen molar-refractivity contribution in [1.29, 1.82) is 0 Å². The number of thiazole rings is 1. The minimum atomic E-state index is -0.433. The summed E-state index contributed by atoms with van der Waals surface area (Å²) in [6.45, 7) is 5.78. The Morgan fingerprint density at radius 2 is 1.80 bits per heavy atom. The lowest BCUT2D eigenvalue weighted by Gasteiger charge is -2.53. The number of hydrogen-bond acceptors (Lipinski definition) is 9. The van der Waals surface area contributed by atoms with Crippen LogP contribution in [0.3, 0.4) is 0 Å². The first-order valence-electron chi connectivity index (χ1n) is 15.2.